The number of non-ortho nitro benzene ring substituents is 1. The van der Waals surface area contributed by atoms with Gasteiger partial charge in [-0.1, -0.05) is 109 Å². The third-order valence-corrected chi connectivity index (χ3v) is 5.56. The van der Waals surface area contributed by atoms with Crippen molar-refractivity contribution in [2.75, 3.05) is 11.2 Å². The van der Waals surface area contributed by atoms with Crippen molar-refractivity contribution in [2.24, 2.45) is 10.2 Å². The fraction of sp³-hybridized carbons (Fsp3) is 0. The molecule has 6 rings (SSSR count). The van der Waals surface area contributed by atoms with Crippen LogP contribution in [0.5, 0.6) is 0 Å². The number of hydrogen-bond donors (Lipinski definition) is 2. The zero-order valence-electron chi connectivity index (χ0n) is 24.4. The van der Waals surface area contributed by atoms with Crippen molar-refractivity contribution >= 4 is 34.1 Å². The number of nitrogens with zero attached hydrogens (tertiary/aromatic N) is 4. The van der Waals surface area contributed by atoms with E-state index in [2.05, 4.69) is 15.7 Å². The molecule has 0 heterocycles. The summed E-state index contributed by atoms with van der Waals surface area (Å²) in [6.45, 7) is 0. The maximum atomic E-state index is 11.6. The number of nitro benzene ring substituents is 1. The van der Waals surface area contributed by atoms with Gasteiger partial charge in [0.2, 0.25) is 0 Å². The average Bonchev–Trinajstić information content (AvgIpc) is 3.11. The standard InChI is InChI=1S/C12H11N2O.C12H10N2.C6H5NO2.C6H7N/c15-14(12-9-5-2-6-10-12)13-11-7-3-1-4-8-11;1-3-7-11(8-4-1)13-14-12-9-5-2-6-10-12;8-7(9)6-4-2-1-3-5-6;7-6-4-2-1-3-5-6/h1-10H,(H,13,15);1-10H;1-5H;1-5H,7H2/q+1;;;. The van der Waals surface area contributed by atoms with Crippen LogP contribution in [0.3, 0.4) is 0 Å². The minimum absolute atomic E-state index is 0.137. The van der Waals surface area contributed by atoms with Gasteiger partial charge in [0.25, 0.3) is 11.4 Å². The summed E-state index contributed by atoms with van der Waals surface area (Å²) in [4.78, 5) is 22.0. The monoisotopic (exact) mass is 597 g/mol. The maximum absolute atomic E-state index is 11.6. The highest BCUT2D eigenvalue weighted by molar-refractivity contribution is 5.41. The molecule has 0 unspecified atom stereocenters. The van der Waals surface area contributed by atoms with E-state index in [1.54, 1.807) is 30.3 Å². The number of azo groups is 1. The van der Waals surface area contributed by atoms with Crippen molar-refractivity contribution in [3.8, 4) is 0 Å². The number of hydrogen-bond acceptors (Lipinski definition) is 6. The largest absolute Gasteiger partial charge is 0.399 e. The first kappa shape index (κ1) is 33.0. The number of nitro groups is 1. The molecule has 0 amide bonds. The minimum atomic E-state index is -0.417. The second-order valence-electron chi connectivity index (χ2n) is 8.98. The molecule has 45 heavy (non-hydrogen) atoms. The van der Waals surface area contributed by atoms with Gasteiger partial charge in [-0.25, -0.2) is 0 Å². The van der Waals surface area contributed by atoms with Crippen molar-refractivity contribution in [1.29, 1.82) is 0 Å². The van der Waals surface area contributed by atoms with Gasteiger partial charge in [0.05, 0.1) is 21.2 Å². The van der Waals surface area contributed by atoms with Gasteiger partial charge >= 0.3 is 0 Å². The van der Waals surface area contributed by atoms with Gasteiger partial charge in [0, 0.05) is 30.0 Å². The molecule has 0 aliphatic rings. The van der Waals surface area contributed by atoms with Crippen LogP contribution in [0.4, 0.5) is 34.1 Å². The van der Waals surface area contributed by atoms with E-state index in [-0.39, 0.29) is 5.69 Å². The van der Waals surface area contributed by atoms with Crippen molar-refractivity contribution in [1.82, 2.24) is 0 Å². The van der Waals surface area contributed by atoms with E-state index in [9.17, 15) is 15.0 Å². The van der Waals surface area contributed by atoms with Crippen molar-refractivity contribution < 1.29 is 9.79 Å². The lowest BCUT2D eigenvalue weighted by molar-refractivity contribution is -0.427. The highest BCUT2D eigenvalue weighted by Gasteiger charge is 2.12. The molecule has 6 aromatic rings. The Morgan fingerprint density at radius 2 is 0.800 bits per heavy atom. The van der Waals surface area contributed by atoms with Gasteiger partial charge in [-0.3, -0.25) is 10.1 Å². The van der Waals surface area contributed by atoms with Crippen LogP contribution in [-0.4, -0.2) is 9.79 Å². The zero-order valence-corrected chi connectivity index (χ0v) is 24.4. The lowest BCUT2D eigenvalue weighted by atomic mass is 10.3. The van der Waals surface area contributed by atoms with E-state index >= 15 is 0 Å². The zero-order chi connectivity index (χ0) is 32.0. The fourth-order valence-corrected chi connectivity index (χ4v) is 3.37. The van der Waals surface area contributed by atoms with Crippen LogP contribution in [0.25, 0.3) is 0 Å². The van der Waals surface area contributed by atoms with Crippen molar-refractivity contribution in [3.63, 3.8) is 0 Å². The highest BCUT2D eigenvalue weighted by atomic mass is 16.6. The van der Waals surface area contributed by atoms with Crippen LogP contribution in [0.1, 0.15) is 0 Å². The van der Waals surface area contributed by atoms with E-state index < -0.39 is 4.92 Å². The molecule has 3 N–H and O–H groups in total. The molecule has 9 heteroatoms. The predicted molar refractivity (Wildman–Crippen MR) is 181 cm³/mol. The van der Waals surface area contributed by atoms with E-state index in [0.29, 0.717) is 5.69 Å². The Hall–Kier alpha value is -6.48. The maximum Gasteiger partial charge on any atom is 0.292 e. The molecule has 0 bridgehead atoms. The third kappa shape index (κ3) is 13.8. The number of benzene rings is 6. The van der Waals surface area contributed by atoms with E-state index in [4.69, 9.17) is 5.73 Å². The van der Waals surface area contributed by atoms with E-state index in [1.165, 1.54) is 12.1 Å². The van der Waals surface area contributed by atoms with Gasteiger partial charge in [-0.15, -0.1) is 5.43 Å². The lowest BCUT2D eigenvalue weighted by Crippen LogP contribution is -2.09. The molecule has 0 saturated carbocycles. The van der Waals surface area contributed by atoms with Gasteiger partial charge < -0.3 is 5.73 Å². The minimum Gasteiger partial charge on any atom is -0.399 e. The molecule has 9 nitrogen and oxygen atoms in total. The number of nitrogens with two attached hydrogens (primary N) is 1. The Bertz CT molecular complexity index is 1650. The summed E-state index contributed by atoms with van der Waals surface area (Å²) in [5.41, 5.74) is 12.2. The SMILES string of the molecule is Nc1ccccc1.O=[N+](Nc1ccccc1)c1ccccc1.O=[N+]([O-])c1ccccc1.c1ccc(N=Nc2ccccc2)cc1. The Morgan fingerprint density at radius 1 is 0.467 bits per heavy atom. The number of nitrogens with one attached hydrogen (secondary N) is 1. The topological polar surface area (TPSA) is 126 Å². The molecule has 0 spiro atoms. The Kier molecular flexibility index (Phi) is 14.4. The van der Waals surface area contributed by atoms with Crippen LogP contribution < -0.4 is 11.2 Å². The normalized spacial score (nSPS) is 9.60. The molecule has 0 saturated heterocycles. The molecule has 0 atom stereocenters. The molecule has 6 aromatic carbocycles. The molecular formula is C36H33N6O3+. The second kappa shape index (κ2) is 19.6. The summed E-state index contributed by atoms with van der Waals surface area (Å²) < 4.78 is 0. The summed E-state index contributed by atoms with van der Waals surface area (Å²) in [5.74, 6) is 0. The number of nitrogen functional groups attached to an aromatic ring is 1. The second-order valence-corrected chi connectivity index (χ2v) is 8.98. The molecule has 0 aliphatic heterocycles. The number of rotatable bonds is 6. The van der Waals surface area contributed by atoms with Crippen LogP contribution in [0, 0.1) is 15.0 Å². The molecule has 0 aromatic heterocycles. The number of nitroso groups, excluding NO2 is 1. The summed E-state index contributed by atoms with van der Waals surface area (Å²) in [7, 11) is 0. The third-order valence-electron chi connectivity index (χ3n) is 5.56. The Labute approximate surface area is 262 Å². The molecule has 0 fully saturated rings. The number of anilines is 2. The lowest BCUT2D eigenvalue weighted by Gasteiger charge is -1.95. The van der Waals surface area contributed by atoms with Crippen LogP contribution in [-0.2, 0) is 0 Å². The molecule has 0 aliphatic carbocycles. The van der Waals surface area contributed by atoms with Crippen LogP contribution in [0.2, 0.25) is 0 Å². The highest BCUT2D eigenvalue weighted by Crippen LogP contribution is 2.16. The Morgan fingerprint density at radius 3 is 1.13 bits per heavy atom. The van der Waals surface area contributed by atoms with Gasteiger partial charge in [0.1, 0.15) is 5.69 Å². The van der Waals surface area contributed by atoms with Gasteiger partial charge in [-0.2, -0.15) is 10.2 Å². The smallest absolute Gasteiger partial charge is 0.292 e. The summed E-state index contributed by atoms with van der Waals surface area (Å²) >= 11 is 0. The first-order valence-electron chi connectivity index (χ1n) is 13.9. The Balaban J connectivity index is 0.000000171. The van der Waals surface area contributed by atoms with Gasteiger partial charge in [0.15, 0.2) is 4.87 Å². The quantitative estimate of drug-likeness (QED) is 0.0649. The van der Waals surface area contributed by atoms with Gasteiger partial charge in [-0.05, 0) is 48.5 Å². The number of hydrazine groups is 1. The fourth-order valence-electron chi connectivity index (χ4n) is 3.37. The first-order valence-corrected chi connectivity index (χ1v) is 13.9. The average molecular weight is 598 g/mol. The molecular weight excluding hydrogens is 564 g/mol. The molecule has 0 radical (unpaired) electrons. The first-order chi connectivity index (χ1) is 22.0. The molecule has 224 valence electrons. The van der Waals surface area contributed by atoms with E-state index in [0.717, 1.165) is 27.6 Å². The van der Waals surface area contributed by atoms with Crippen molar-refractivity contribution in [2.45, 2.75) is 0 Å². The van der Waals surface area contributed by atoms with Crippen LogP contribution in [0.15, 0.2) is 192 Å². The van der Waals surface area contributed by atoms with Crippen LogP contribution >= 0.6 is 0 Å². The summed E-state index contributed by atoms with van der Waals surface area (Å²) in [5, 5.41) is 18.2. The predicted octanol–water partition coefficient (Wildman–Crippen LogP) is 10.1. The van der Waals surface area contributed by atoms with E-state index in [1.807, 2.05) is 140 Å². The van der Waals surface area contributed by atoms with Crippen molar-refractivity contribution in [3.05, 3.63) is 197 Å². The summed E-state index contributed by atoms with van der Waals surface area (Å²) in [6, 6.07) is 55.2. The number of para-hydroxylation sites is 4. The summed E-state index contributed by atoms with van der Waals surface area (Å²) in [6.07, 6.45) is 0.